The van der Waals surface area contributed by atoms with Gasteiger partial charge < -0.3 is 5.32 Å². The van der Waals surface area contributed by atoms with E-state index >= 15 is 0 Å². The number of nitrogens with one attached hydrogen (secondary N) is 1. The Morgan fingerprint density at radius 3 is 2.94 bits per heavy atom. The monoisotopic (exact) mass is 239 g/mol. The third kappa shape index (κ3) is 2.94. The quantitative estimate of drug-likeness (QED) is 0.874. The van der Waals surface area contributed by atoms with Gasteiger partial charge in [0, 0.05) is 24.0 Å². The summed E-state index contributed by atoms with van der Waals surface area (Å²) >= 11 is 1.51. The Hall–Kier alpha value is -0.640. The van der Waals surface area contributed by atoms with Gasteiger partial charge in [-0.3, -0.25) is 0 Å². The van der Waals surface area contributed by atoms with Crippen LogP contribution in [-0.2, 0) is 6.42 Å². The zero-order valence-electron chi connectivity index (χ0n) is 10.2. The van der Waals surface area contributed by atoms with Crippen molar-refractivity contribution < 1.29 is 0 Å². The average molecular weight is 239 g/mol. The molecule has 16 heavy (non-hydrogen) atoms. The Kier molecular flexibility index (Phi) is 4.16. The van der Waals surface area contributed by atoms with Gasteiger partial charge in [-0.1, -0.05) is 26.7 Å². The lowest BCUT2D eigenvalue weighted by Gasteiger charge is -2.29. The summed E-state index contributed by atoms with van der Waals surface area (Å²) in [6.45, 7) is 4.50. The summed E-state index contributed by atoms with van der Waals surface area (Å²) in [5.74, 6) is 1.77. The minimum atomic E-state index is 0.608. The van der Waals surface area contributed by atoms with Gasteiger partial charge in [0.05, 0.1) is 0 Å². The van der Waals surface area contributed by atoms with E-state index in [0.717, 1.165) is 29.7 Å². The standard InChI is InChI=1S/C12H21N3S/c1-3-6-11-14-12(16-15-11)13-10-8-5-4-7-9(10)2/h9-10H,3-8H2,1-2H3,(H,13,14,15). The molecule has 4 heteroatoms. The third-order valence-corrected chi connectivity index (χ3v) is 4.05. The highest BCUT2D eigenvalue weighted by Crippen LogP contribution is 2.27. The Labute approximate surface area is 102 Å². The average Bonchev–Trinajstić information content (AvgIpc) is 2.70. The van der Waals surface area contributed by atoms with E-state index in [4.69, 9.17) is 0 Å². The van der Waals surface area contributed by atoms with E-state index in [2.05, 4.69) is 28.5 Å². The van der Waals surface area contributed by atoms with Crippen LogP contribution in [0.4, 0.5) is 5.13 Å². The maximum absolute atomic E-state index is 4.52. The predicted octanol–water partition coefficient (Wildman–Crippen LogP) is 3.48. The molecule has 1 aromatic heterocycles. The molecule has 2 unspecified atom stereocenters. The second kappa shape index (κ2) is 5.62. The predicted molar refractivity (Wildman–Crippen MR) is 68.9 cm³/mol. The maximum atomic E-state index is 4.52. The summed E-state index contributed by atoms with van der Waals surface area (Å²) < 4.78 is 4.36. The number of hydrogen-bond donors (Lipinski definition) is 1. The molecule has 0 saturated heterocycles. The lowest BCUT2D eigenvalue weighted by Crippen LogP contribution is -2.30. The van der Waals surface area contributed by atoms with Crippen molar-refractivity contribution in [1.82, 2.24) is 9.36 Å². The van der Waals surface area contributed by atoms with Crippen molar-refractivity contribution in [3.05, 3.63) is 5.82 Å². The van der Waals surface area contributed by atoms with Gasteiger partial charge in [0.1, 0.15) is 5.82 Å². The summed E-state index contributed by atoms with van der Waals surface area (Å²) in [5.41, 5.74) is 0. The number of aromatic nitrogens is 2. The fraction of sp³-hybridized carbons (Fsp3) is 0.833. The Morgan fingerprint density at radius 2 is 2.19 bits per heavy atom. The first kappa shape index (κ1) is 11.8. The highest BCUT2D eigenvalue weighted by molar-refractivity contribution is 7.09. The van der Waals surface area contributed by atoms with Crippen molar-refractivity contribution in [1.29, 1.82) is 0 Å². The van der Waals surface area contributed by atoms with Gasteiger partial charge in [0.2, 0.25) is 5.13 Å². The fourth-order valence-corrected chi connectivity index (χ4v) is 3.00. The van der Waals surface area contributed by atoms with Crippen LogP contribution in [0.2, 0.25) is 0 Å². The summed E-state index contributed by atoms with van der Waals surface area (Å²) in [5, 5.41) is 4.57. The van der Waals surface area contributed by atoms with E-state index in [9.17, 15) is 0 Å². The van der Waals surface area contributed by atoms with Crippen molar-refractivity contribution in [3.63, 3.8) is 0 Å². The lowest BCUT2D eigenvalue weighted by molar-refractivity contribution is 0.349. The molecule has 1 aliphatic rings. The summed E-state index contributed by atoms with van der Waals surface area (Å²) in [6.07, 6.45) is 7.48. The summed E-state index contributed by atoms with van der Waals surface area (Å²) in [4.78, 5) is 4.52. The minimum absolute atomic E-state index is 0.608. The number of hydrogen-bond acceptors (Lipinski definition) is 4. The molecule has 1 N–H and O–H groups in total. The van der Waals surface area contributed by atoms with Gasteiger partial charge in [-0.25, -0.2) is 4.98 Å². The summed E-state index contributed by atoms with van der Waals surface area (Å²) in [7, 11) is 0. The van der Waals surface area contributed by atoms with Gasteiger partial charge in [-0.2, -0.15) is 4.37 Å². The van der Waals surface area contributed by atoms with Crippen LogP contribution >= 0.6 is 11.5 Å². The second-order valence-electron chi connectivity index (χ2n) is 4.78. The van der Waals surface area contributed by atoms with Gasteiger partial charge in [-0.15, -0.1) is 0 Å². The third-order valence-electron chi connectivity index (χ3n) is 3.36. The topological polar surface area (TPSA) is 37.8 Å². The first-order valence-corrected chi connectivity index (χ1v) is 7.16. The molecule has 2 rings (SSSR count). The van der Waals surface area contributed by atoms with E-state index in [0.29, 0.717) is 6.04 Å². The van der Waals surface area contributed by atoms with Crippen LogP contribution in [0.15, 0.2) is 0 Å². The lowest BCUT2D eigenvalue weighted by atomic mass is 9.86. The second-order valence-corrected chi connectivity index (χ2v) is 5.53. The first-order chi connectivity index (χ1) is 7.79. The van der Waals surface area contributed by atoms with Gasteiger partial charge >= 0.3 is 0 Å². The molecular formula is C12H21N3S. The van der Waals surface area contributed by atoms with Crippen LogP contribution in [0, 0.1) is 5.92 Å². The molecule has 0 aromatic carbocycles. The zero-order valence-corrected chi connectivity index (χ0v) is 11.0. The van der Waals surface area contributed by atoms with Crippen molar-refractivity contribution in [2.75, 3.05) is 5.32 Å². The Balaban J connectivity index is 1.91. The van der Waals surface area contributed by atoms with Crippen LogP contribution in [0.1, 0.15) is 51.8 Å². The molecule has 1 aliphatic carbocycles. The highest BCUT2D eigenvalue weighted by atomic mass is 32.1. The molecule has 2 atom stereocenters. The van der Waals surface area contributed by atoms with Crippen molar-refractivity contribution in [2.45, 2.75) is 58.4 Å². The maximum Gasteiger partial charge on any atom is 0.202 e. The zero-order chi connectivity index (χ0) is 11.4. The fourth-order valence-electron chi connectivity index (χ4n) is 2.33. The molecule has 1 heterocycles. The van der Waals surface area contributed by atoms with E-state index in [1.165, 1.54) is 37.2 Å². The molecule has 0 amide bonds. The van der Waals surface area contributed by atoms with E-state index in [1.54, 1.807) is 0 Å². The molecule has 90 valence electrons. The number of rotatable bonds is 4. The van der Waals surface area contributed by atoms with Crippen LogP contribution < -0.4 is 5.32 Å². The van der Waals surface area contributed by atoms with Crippen LogP contribution in [0.25, 0.3) is 0 Å². The molecular weight excluding hydrogens is 218 g/mol. The number of anilines is 1. The summed E-state index contributed by atoms with van der Waals surface area (Å²) in [6, 6.07) is 0.608. The first-order valence-electron chi connectivity index (χ1n) is 6.38. The molecule has 0 radical (unpaired) electrons. The minimum Gasteiger partial charge on any atom is -0.357 e. The Bertz CT molecular complexity index is 324. The number of nitrogens with zero attached hydrogens (tertiary/aromatic N) is 2. The molecule has 1 aromatic rings. The highest BCUT2D eigenvalue weighted by Gasteiger charge is 2.21. The van der Waals surface area contributed by atoms with Gasteiger partial charge in [0.15, 0.2) is 0 Å². The number of aryl methyl sites for hydroxylation is 1. The molecule has 0 spiro atoms. The molecule has 1 fully saturated rings. The van der Waals surface area contributed by atoms with E-state index < -0.39 is 0 Å². The van der Waals surface area contributed by atoms with Gasteiger partial charge in [0.25, 0.3) is 0 Å². The van der Waals surface area contributed by atoms with Crippen LogP contribution in [0.3, 0.4) is 0 Å². The van der Waals surface area contributed by atoms with E-state index in [-0.39, 0.29) is 0 Å². The molecule has 1 saturated carbocycles. The van der Waals surface area contributed by atoms with Crippen LogP contribution in [-0.4, -0.2) is 15.4 Å². The molecule has 0 bridgehead atoms. The van der Waals surface area contributed by atoms with E-state index in [1.807, 2.05) is 0 Å². The molecule has 0 aliphatic heterocycles. The Morgan fingerprint density at radius 1 is 1.38 bits per heavy atom. The van der Waals surface area contributed by atoms with Crippen LogP contribution in [0.5, 0.6) is 0 Å². The van der Waals surface area contributed by atoms with Gasteiger partial charge in [-0.05, 0) is 25.2 Å². The normalized spacial score (nSPS) is 25.6. The SMILES string of the molecule is CCCc1nsc(NC2CCCCC2C)n1. The van der Waals surface area contributed by atoms with Crippen molar-refractivity contribution >= 4 is 16.7 Å². The van der Waals surface area contributed by atoms with Crippen molar-refractivity contribution in [3.8, 4) is 0 Å². The largest absolute Gasteiger partial charge is 0.357 e. The van der Waals surface area contributed by atoms with Crippen molar-refractivity contribution in [2.24, 2.45) is 5.92 Å². The molecule has 3 nitrogen and oxygen atoms in total. The smallest absolute Gasteiger partial charge is 0.202 e.